The second-order valence-electron chi connectivity index (χ2n) is 6.76. The Morgan fingerprint density at radius 1 is 1.21 bits per heavy atom. The van der Waals surface area contributed by atoms with Crippen LogP contribution in [0.5, 0.6) is 0 Å². The third kappa shape index (κ3) is 0.823. The summed E-state index contributed by atoms with van der Waals surface area (Å²) >= 11 is 0. The lowest BCUT2D eigenvalue weighted by Gasteiger charge is -2.68. The van der Waals surface area contributed by atoms with E-state index in [1.807, 2.05) is 5.92 Å². The van der Waals surface area contributed by atoms with Crippen LogP contribution < -0.4 is 0 Å². The van der Waals surface area contributed by atoms with Crippen LogP contribution in [0.2, 0.25) is 0 Å². The Kier molecular flexibility index (Phi) is 1.58. The van der Waals surface area contributed by atoms with E-state index in [0.717, 1.165) is 17.8 Å². The summed E-state index contributed by atoms with van der Waals surface area (Å²) < 4.78 is 0. The molecule has 0 N–H and O–H groups in total. The highest BCUT2D eigenvalue weighted by Gasteiger charge is 2.66. The van der Waals surface area contributed by atoms with Gasteiger partial charge in [0.15, 0.2) is 0 Å². The van der Waals surface area contributed by atoms with Crippen molar-refractivity contribution in [3.8, 4) is 0 Å². The zero-order valence-electron chi connectivity index (χ0n) is 9.93. The van der Waals surface area contributed by atoms with Crippen LogP contribution in [0.25, 0.3) is 0 Å². The smallest absolute Gasteiger partial charge is 0.0145 e. The maximum absolute atomic E-state index is 2.61. The molecule has 0 heteroatoms. The van der Waals surface area contributed by atoms with E-state index >= 15 is 0 Å². The molecule has 4 aliphatic carbocycles. The van der Waals surface area contributed by atoms with Crippen molar-refractivity contribution in [3.63, 3.8) is 0 Å². The molecule has 0 aliphatic heterocycles. The topological polar surface area (TPSA) is 0 Å². The van der Waals surface area contributed by atoms with Crippen LogP contribution in [0.3, 0.4) is 0 Å². The molecule has 0 aromatic rings. The summed E-state index contributed by atoms with van der Waals surface area (Å²) in [6.07, 6.45) is 6.84. The molecule has 0 aromatic carbocycles. The van der Waals surface area contributed by atoms with Gasteiger partial charge in [-0.05, 0) is 60.2 Å². The fraction of sp³-hybridized carbons (Fsp3) is 0.857. The minimum atomic E-state index is 0.524. The molecule has 0 aromatic heterocycles. The van der Waals surface area contributed by atoms with Gasteiger partial charge in [-0.25, -0.2) is 0 Å². The van der Waals surface area contributed by atoms with Crippen LogP contribution in [0.15, 0.2) is 0 Å². The first kappa shape index (κ1) is 9.24. The second-order valence-corrected chi connectivity index (χ2v) is 6.76. The van der Waals surface area contributed by atoms with Crippen molar-refractivity contribution in [1.82, 2.24) is 0 Å². The summed E-state index contributed by atoms with van der Waals surface area (Å²) in [7, 11) is 0. The van der Waals surface area contributed by atoms with E-state index in [1.165, 1.54) is 19.3 Å². The molecule has 4 aliphatic rings. The van der Waals surface area contributed by atoms with Crippen molar-refractivity contribution >= 4 is 0 Å². The first-order chi connectivity index (χ1) is 6.45. The standard InChI is InChI=1S/C14H22/c1-13(2)10-7-5-6-9(10)11-8-12(13)14(11,3)4/h6,9,11-12H,5,7-8H2,1-4H3. The molecule has 0 amide bonds. The molecule has 0 saturated heterocycles. The molecule has 4 saturated carbocycles. The van der Waals surface area contributed by atoms with Crippen LogP contribution in [0.4, 0.5) is 0 Å². The largest absolute Gasteiger partial charge is 0.0593 e. The van der Waals surface area contributed by atoms with Crippen LogP contribution >= 0.6 is 0 Å². The molecule has 3 unspecified atom stereocenters. The monoisotopic (exact) mass is 190 g/mol. The van der Waals surface area contributed by atoms with Gasteiger partial charge in [-0.3, -0.25) is 0 Å². The Morgan fingerprint density at radius 3 is 2.57 bits per heavy atom. The van der Waals surface area contributed by atoms with E-state index in [2.05, 4.69) is 34.1 Å². The Balaban J connectivity index is 2.00. The minimum Gasteiger partial charge on any atom is -0.0593 e. The van der Waals surface area contributed by atoms with Gasteiger partial charge in [0.2, 0.25) is 0 Å². The Hall–Kier alpha value is 0. The molecule has 2 bridgehead atoms. The average Bonchev–Trinajstić information content (AvgIpc) is 2.50. The SMILES string of the molecule is CC1(C)[C]2CC[CH]C2C2CC1C2(C)C. The van der Waals surface area contributed by atoms with Gasteiger partial charge in [0.1, 0.15) is 0 Å². The summed E-state index contributed by atoms with van der Waals surface area (Å²) in [5.74, 6) is 4.71. The predicted molar refractivity (Wildman–Crippen MR) is 59.4 cm³/mol. The van der Waals surface area contributed by atoms with Crippen molar-refractivity contribution in [3.05, 3.63) is 12.3 Å². The lowest BCUT2D eigenvalue weighted by atomic mass is 9.36. The highest BCUT2D eigenvalue weighted by molar-refractivity contribution is 5.29. The van der Waals surface area contributed by atoms with Gasteiger partial charge in [0.25, 0.3) is 0 Å². The van der Waals surface area contributed by atoms with Crippen molar-refractivity contribution in [2.75, 3.05) is 0 Å². The Bertz CT molecular complexity index is 257. The van der Waals surface area contributed by atoms with Gasteiger partial charge in [0, 0.05) is 0 Å². The molecular formula is C14H22. The van der Waals surface area contributed by atoms with Crippen molar-refractivity contribution in [1.29, 1.82) is 0 Å². The maximum Gasteiger partial charge on any atom is -0.0145 e. The molecular weight excluding hydrogens is 168 g/mol. The normalized spacial score (nSPS) is 48.4. The number of rotatable bonds is 0. The first-order valence-electron chi connectivity index (χ1n) is 6.15. The molecule has 4 rings (SSSR count). The minimum absolute atomic E-state index is 0.524. The average molecular weight is 190 g/mol. The van der Waals surface area contributed by atoms with Crippen LogP contribution in [-0.2, 0) is 0 Å². The van der Waals surface area contributed by atoms with Gasteiger partial charge in [-0.2, -0.15) is 0 Å². The summed E-state index contributed by atoms with van der Waals surface area (Å²) in [6, 6.07) is 0. The third-order valence-corrected chi connectivity index (χ3v) is 5.71. The first-order valence-corrected chi connectivity index (χ1v) is 6.15. The van der Waals surface area contributed by atoms with E-state index in [1.54, 1.807) is 0 Å². The summed E-state index contributed by atoms with van der Waals surface area (Å²) in [6.45, 7) is 9.99. The molecule has 14 heavy (non-hydrogen) atoms. The van der Waals surface area contributed by atoms with Crippen LogP contribution in [-0.4, -0.2) is 0 Å². The fourth-order valence-corrected chi connectivity index (χ4v) is 4.90. The molecule has 0 spiro atoms. The Morgan fingerprint density at radius 2 is 1.93 bits per heavy atom. The Labute approximate surface area is 88.5 Å². The lowest BCUT2D eigenvalue weighted by molar-refractivity contribution is -0.147. The highest BCUT2D eigenvalue weighted by Crippen LogP contribution is 2.73. The summed E-state index contributed by atoms with van der Waals surface area (Å²) in [5, 5.41) is 0. The van der Waals surface area contributed by atoms with E-state index in [9.17, 15) is 0 Å². The zero-order chi connectivity index (χ0) is 10.1. The summed E-state index contributed by atoms with van der Waals surface area (Å²) in [4.78, 5) is 0. The second kappa shape index (κ2) is 2.39. The van der Waals surface area contributed by atoms with Crippen molar-refractivity contribution in [2.24, 2.45) is 28.6 Å². The summed E-state index contributed by atoms with van der Waals surface area (Å²) in [5.41, 5.74) is 1.13. The number of hydrogen-bond acceptors (Lipinski definition) is 0. The van der Waals surface area contributed by atoms with E-state index in [0.29, 0.717) is 10.8 Å². The van der Waals surface area contributed by atoms with E-state index in [-0.39, 0.29) is 0 Å². The van der Waals surface area contributed by atoms with Crippen molar-refractivity contribution in [2.45, 2.75) is 47.0 Å². The maximum atomic E-state index is 2.61. The van der Waals surface area contributed by atoms with Crippen LogP contribution in [0, 0.1) is 40.9 Å². The van der Waals surface area contributed by atoms with E-state index in [4.69, 9.17) is 0 Å². The number of hydrogen-bond donors (Lipinski definition) is 0. The van der Waals surface area contributed by atoms with E-state index < -0.39 is 0 Å². The quantitative estimate of drug-likeness (QED) is 0.544. The highest BCUT2D eigenvalue weighted by atomic mass is 14.7. The molecule has 0 heterocycles. The van der Waals surface area contributed by atoms with Gasteiger partial charge in [0.05, 0.1) is 0 Å². The third-order valence-electron chi connectivity index (χ3n) is 5.71. The lowest BCUT2D eigenvalue weighted by Crippen LogP contribution is -2.62. The molecule has 0 nitrogen and oxygen atoms in total. The van der Waals surface area contributed by atoms with Crippen LogP contribution in [0.1, 0.15) is 47.0 Å². The van der Waals surface area contributed by atoms with Gasteiger partial charge in [-0.15, -0.1) is 0 Å². The molecule has 3 atom stereocenters. The van der Waals surface area contributed by atoms with Gasteiger partial charge < -0.3 is 0 Å². The predicted octanol–water partition coefficient (Wildman–Crippen LogP) is 3.88. The van der Waals surface area contributed by atoms with Crippen molar-refractivity contribution < 1.29 is 0 Å². The molecule has 78 valence electrons. The molecule has 2 radical (unpaired) electrons. The zero-order valence-corrected chi connectivity index (χ0v) is 9.93. The fourth-order valence-electron chi connectivity index (χ4n) is 4.90. The van der Waals surface area contributed by atoms with Gasteiger partial charge in [-0.1, -0.05) is 27.7 Å². The van der Waals surface area contributed by atoms with Gasteiger partial charge >= 0.3 is 0 Å². The molecule has 4 fully saturated rings.